The van der Waals surface area contributed by atoms with Gasteiger partial charge in [-0.1, -0.05) is 13.5 Å². The minimum atomic E-state index is -0.401. The summed E-state index contributed by atoms with van der Waals surface area (Å²) in [6.07, 6.45) is 6.91. The van der Waals surface area contributed by atoms with E-state index >= 15 is 0 Å². The summed E-state index contributed by atoms with van der Waals surface area (Å²) in [7, 11) is 0. The number of likely N-dealkylation sites (tertiary alicyclic amines) is 1. The van der Waals surface area contributed by atoms with E-state index in [0.29, 0.717) is 35.6 Å². The van der Waals surface area contributed by atoms with Crippen molar-refractivity contribution < 1.29 is 14.3 Å². The summed E-state index contributed by atoms with van der Waals surface area (Å²) in [4.78, 5) is 37.8. The SMILES string of the molecule is C=CC(=O)N1CC(Nc2ncnc3[nH]cc(C(=O)OCCC)c23)CCC1C. The highest BCUT2D eigenvalue weighted by Crippen LogP contribution is 2.27. The third-order valence-electron chi connectivity index (χ3n) is 4.81. The number of nitrogens with one attached hydrogen (secondary N) is 2. The standard InChI is InChI=1S/C19H25N5O3/c1-4-8-27-19(26)14-9-20-17-16(14)18(22-11-21-17)23-13-7-6-12(3)24(10-13)15(25)5-2/h5,9,11-13H,2,4,6-8,10H2,1,3H3,(H2,20,21,22,23). The van der Waals surface area contributed by atoms with Crippen LogP contribution in [-0.2, 0) is 9.53 Å². The molecule has 8 heteroatoms. The average Bonchev–Trinajstić information content (AvgIpc) is 3.12. The quantitative estimate of drug-likeness (QED) is 0.598. The van der Waals surface area contributed by atoms with Gasteiger partial charge in [0.2, 0.25) is 5.91 Å². The molecular formula is C19H25N5O3. The summed E-state index contributed by atoms with van der Waals surface area (Å²) in [6, 6.07) is 0.198. The molecule has 1 fully saturated rings. The molecule has 0 aromatic carbocycles. The normalized spacial score (nSPS) is 19.7. The molecule has 2 aromatic heterocycles. The van der Waals surface area contributed by atoms with Crippen LogP contribution in [0.25, 0.3) is 11.0 Å². The van der Waals surface area contributed by atoms with Gasteiger partial charge in [0, 0.05) is 24.8 Å². The number of anilines is 1. The molecule has 27 heavy (non-hydrogen) atoms. The molecule has 8 nitrogen and oxygen atoms in total. The van der Waals surface area contributed by atoms with E-state index in [9.17, 15) is 9.59 Å². The monoisotopic (exact) mass is 371 g/mol. The van der Waals surface area contributed by atoms with E-state index in [1.54, 1.807) is 11.1 Å². The molecule has 1 amide bonds. The van der Waals surface area contributed by atoms with Gasteiger partial charge in [0.15, 0.2) is 0 Å². The first-order chi connectivity index (χ1) is 13.0. The molecule has 1 saturated heterocycles. The maximum absolute atomic E-state index is 12.4. The Morgan fingerprint density at radius 3 is 3.00 bits per heavy atom. The third kappa shape index (κ3) is 3.94. The summed E-state index contributed by atoms with van der Waals surface area (Å²) in [6.45, 7) is 8.48. The maximum atomic E-state index is 12.4. The van der Waals surface area contributed by atoms with Crippen molar-refractivity contribution in [3.05, 3.63) is 30.7 Å². The molecule has 3 rings (SSSR count). The van der Waals surface area contributed by atoms with Crippen LogP contribution in [0.2, 0.25) is 0 Å². The highest BCUT2D eigenvalue weighted by Gasteiger charge is 2.29. The zero-order valence-corrected chi connectivity index (χ0v) is 15.7. The molecule has 2 N–H and O–H groups in total. The second-order valence-corrected chi connectivity index (χ2v) is 6.75. The summed E-state index contributed by atoms with van der Waals surface area (Å²) in [5.41, 5.74) is 0.976. The second kappa shape index (κ2) is 8.20. The van der Waals surface area contributed by atoms with E-state index in [-0.39, 0.29) is 18.0 Å². The van der Waals surface area contributed by atoms with E-state index in [4.69, 9.17) is 4.74 Å². The molecule has 2 atom stereocenters. The van der Waals surface area contributed by atoms with E-state index in [0.717, 1.165) is 19.3 Å². The first kappa shape index (κ1) is 18.9. The van der Waals surface area contributed by atoms with Crippen LogP contribution >= 0.6 is 0 Å². The Labute approximate surface area is 158 Å². The first-order valence-corrected chi connectivity index (χ1v) is 9.23. The number of carbonyl (C=O) groups excluding carboxylic acids is 2. The van der Waals surface area contributed by atoms with Crippen molar-refractivity contribution in [2.45, 2.75) is 45.2 Å². The molecule has 144 valence electrons. The highest BCUT2D eigenvalue weighted by molar-refractivity contribution is 6.07. The smallest absolute Gasteiger partial charge is 0.340 e. The van der Waals surface area contributed by atoms with Crippen molar-refractivity contribution in [2.24, 2.45) is 0 Å². The van der Waals surface area contributed by atoms with Crippen LogP contribution in [0, 0.1) is 0 Å². The van der Waals surface area contributed by atoms with Gasteiger partial charge in [0.25, 0.3) is 0 Å². The fourth-order valence-electron chi connectivity index (χ4n) is 3.35. The molecule has 0 spiro atoms. The number of aromatic amines is 1. The number of hydrogen-bond acceptors (Lipinski definition) is 6. The van der Waals surface area contributed by atoms with Gasteiger partial charge in [-0.2, -0.15) is 0 Å². The lowest BCUT2D eigenvalue weighted by Gasteiger charge is -2.38. The number of esters is 1. The van der Waals surface area contributed by atoms with Crippen LogP contribution in [0.1, 0.15) is 43.5 Å². The fourth-order valence-corrected chi connectivity index (χ4v) is 3.35. The number of aromatic nitrogens is 3. The second-order valence-electron chi connectivity index (χ2n) is 6.75. The zero-order valence-electron chi connectivity index (χ0n) is 15.7. The van der Waals surface area contributed by atoms with Gasteiger partial charge in [-0.25, -0.2) is 14.8 Å². The Balaban J connectivity index is 1.84. The minimum absolute atomic E-state index is 0.0256. The highest BCUT2D eigenvalue weighted by atomic mass is 16.5. The fraction of sp³-hybridized carbons (Fsp3) is 0.474. The number of fused-ring (bicyclic) bond motifs is 1. The Morgan fingerprint density at radius 2 is 2.26 bits per heavy atom. The number of rotatable bonds is 6. The van der Waals surface area contributed by atoms with Crippen molar-refractivity contribution in [3.63, 3.8) is 0 Å². The summed E-state index contributed by atoms with van der Waals surface area (Å²) >= 11 is 0. The molecule has 3 heterocycles. The summed E-state index contributed by atoms with van der Waals surface area (Å²) in [5, 5.41) is 3.99. The molecule has 0 bridgehead atoms. The zero-order chi connectivity index (χ0) is 19.4. The number of carbonyl (C=O) groups is 2. The summed E-state index contributed by atoms with van der Waals surface area (Å²) in [5.74, 6) is 0.0873. The Hall–Kier alpha value is -2.90. The predicted octanol–water partition coefficient (Wildman–Crippen LogP) is 2.50. The average molecular weight is 371 g/mol. The summed E-state index contributed by atoms with van der Waals surface area (Å²) < 4.78 is 5.26. The minimum Gasteiger partial charge on any atom is -0.462 e. The van der Waals surface area contributed by atoms with Crippen molar-refractivity contribution >= 4 is 28.7 Å². The number of piperidine rings is 1. The van der Waals surface area contributed by atoms with Gasteiger partial charge in [0.1, 0.15) is 17.8 Å². The maximum Gasteiger partial charge on any atom is 0.340 e. The van der Waals surface area contributed by atoms with Crippen molar-refractivity contribution in [3.8, 4) is 0 Å². The van der Waals surface area contributed by atoms with Crippen LogP contribution in [0.3, 0.4) is 0 Å². The lowest BCUT2D eigenvalue weighted by molar-refractivity contribution is -0.129. The predicted molar refractivity (Wildman–Crippen MR) is 102 cm³/mol. The molecule has 1 aliphatic rings. The topological polar surface area (TPSA) is 100 Å². The van der Waals surface area contributed by atoms with Crippen LogP contribution < -0.4 is 5.32 Å². The van der Waals surface area contributed by atoms with Gasteiger partial charge in [-0.15, -0.1) is 0 Å². The number of amides is 1. The molecule has 2 unspecified atom stereocenters. The van der Waals surface area contributed by atoms with Crippen molar-refractivity contribution in [1.29, 1.82) is 0 Å². The lowest BCUT2D eigenvalue weighted by Crippen LogP contribution is -2.49. The van der Waals surface area contributed by atoms with Crippen LogP contribution in [0.5, 0.6) is 0 Å². The Kier molecular flexibility index (Phi) is 5.73. The van der Waals surface area contributed by atoms with Gasteiger partial charge in [-0.3, -0.25) is 4.79 Å². The molecule has 1 aliphatic heterocycles. The third-order valence-corrected chi connectivity index (χ3v) is 4.81. The molecule has 0 saturated carbocycles. The molecule has 0 aliphatic carbocycles. The van der Waals surface area contributed by atoms with Crippen LogP contribution in [0.4, 0.5) is 5.82 Å². The van der Waals surface area contributed by atoms with Crippen molar-refractivity contribution in [1.82, 2.24) is 19.9 Å². The molecule has 0 radical (unpaired) electrons. The Bertz CT molecular complexity index is 847. The van der Waals surface area contributed by atoms with Gasteiger partial charge >= 0.3 is 5.97 Å². The first-order valence-electron chi connectivity index (χ1n) is 9.23. The number of H-pyrrole nitrogens is 1. The van der Waals surface area contributed by atoms with E-state index < -0.39 is 5.97 Å². The molecular weight excluding hydrogens is 346 g/mol. The van der Waals surface area contributed by atoms with E-state index in [2.05, 4.69) is 26.8 Å². The molecule has 2 aromatic rings. The van der Waals surface area contributed by atoms with Crippen molar-refractivity contribution in [2.75, 3.05) is 18.5 Å². The largest absolute Gasteiger partial charge is 0.462 e. The number of nitrogens with zero attached hydrogens (tertiary/aromatic N) is 3. The van der Waals surface area contributed by atoms with Crippen LogP contribution in [0.15, 0.2) is 25.2 Å². The van der Waals surface area contributed by atoms with Crippen LogP contribution in [-0.4, -0.2) is 57.0 Å². The van der Waals surface area contributed by atoms with E-state index in [1.807, 2.05) is 13.8 Å². The Morgan fingerprint density at radius 1 is 1.44 bits per heavy atom. The number of hydrogen-bond donors (Lipinski definition) is 2. The number of ether oxygens (including phenoxy) is 1. The van der Waals surface area contributed by atoms with Gasteiger partial charge < -0.3 is 19.9 Å². The van der Waals surface area contributed by atoms with E-state index in [1.165, 1.54) is 12.4 Å². The van der Waals surface area contributed by atoms with Gasteiger partial charge in [-0.05, 0) is 32.3 Å². The van der Waals surface area contributed by atoms with Gasteiger partial charge in [0.05, 0.1) is 17.6 Å². The lowest BCUT2D eigenvalue weighted by atomic mass is 9.99.